The molecule has 30 heavy (non-hydrogen) atoms. The Morgan fingerprint density at radius 3 is 2.57 bits per heavy atom. The van der Waals surface area contributed by atoms with Crippen LogP contribution in [0.4, 0.5) is 5.95 Å². The first kappa shape index (κ1) is 20.3. The Balaban J connectivity index is 1.32. The molecule has 0 bridgehead atoms. The van der Waals surface area contributed by atoms with Gasteiger partial charge in [-0.25, -0.2) is 9.97 Å². The first-order chi connectivity index (χ1) is 14.6. The van der Waals surface area contributed by atoms with Crippen LogP contribution in [0.15, 0.2) is 60.9 Å². The van der Waals surface area contributed by atoms with Gasteiger partial charge in [-0.2, -0.15) is 0 Å². The van der Waals surface area contributed by atoms with E-state index in [2.05, 4.69) is 39.1 Å². The van der Waals surface area contributed by atoms with Crippen molar-refractivity contribution in [1.29, 1.82) is 0 Å². The van der Waals surface area contributed by atoms with Gasteiger partial charge in [-0.15, -0.1) is 0 Å². The van der Waals surface area contributed by atoms with Crippen LogP contribution in [0.2, 0.25) is 0 Å². The zero-order chi connectivity index (χ0) is 20.9. The number of anilines is 1. The second-order valence-electron chi connectivity index (χ2n) is 7.91. The van der Waals surface area contributed by atoms with Crippen molar-refractivity contribution in [2.75, 3.05) is 38.7 Å². The molecule has 1 aliphatic rings. The van der Waals surface area contributed by atoms with Gasteiger partial charge in [0.1, 0.15) is 18.5 Å². The number of rotatable bonds is 7. The first-order valence-electron chi connectivity index (χ1n) is 10.3. The summed E-state index contributed by atoms with van der Waals surface area (Å²) in [7, 11) is 3.83. The van der Waals surface area contributed by atoms with Gasteiger partial charge in [0, 0.05) is 51.7 Å². The molecule has 1 atom stereocenters. The maximum Gasteiger partial charge on any atom is 0.224 e. The van der Waals surface area contributed by atoms with Gasteiger partial charge < -0.3 is 14.7 Å². The maximum atomic E-state index is 10.5. The van der Waals surface area contributed by atoms with Crippen LogP contribution in [0.25, 0.3) is 11.1 Å². The smallest absolute Gasteiger partial charge is 0.224 e. The number of nitrogens with zero attached hydrogens (tertiary/aromatic N) is 4. The molecule has 4 rings (SSSR count). The molecule has 0 aliphatic carbocycles. The number of aliphatic hydroxyl groups excluding tert-OH is 1. The average molecular weight is 405 g/mol. The fraction of sp³-hybridized carbons (Fsp3) is 0.333. The van der Waals surface area contributed by atoms with Gasteiger partial charge >= 0.3 is 0 Å². The van der Waals surface area contributed by atoms with E-state index < -0.39 is 6.10 Å². The van der Waals surface area contributed by atoms with Crippen molar-refractivity contribution in [2.45, 2.75) is 19.1 Å². The lowest BCUT2D eigenvalue weighted by molar-refractivity contribution is 0.0638. The van der Waals surface area contributed by atoms with E-state index in [0.29, 0.717) is 12.5 Å². The van der Waals surface area contributed by atoms with Crippen LogP contribution in [0.1, 0.15) is 11.1 Å². The summed E-state index contributed by atoms with van der Waals surface area (Å²) in [4.78, 5) is 12.9. The van der Waals surface area contributed by atoms with Gasteiger partial charge in [0.05, 0.1) is 0 Å². The molecule has 0 radical (unpaired) electrons. The molecule has 3 aromatic rings. The fourth-order valence-corrected chi connectivity index (χ4v) is 3.72. The highest BCUT2D eigenvalue weighted by atomic mass is 16.5. The Bertz CT molecular complexity index is 975. The second-order valence-corrected chi connectivity index (χ2v) is 7.91. The van der Waals surface area contributed by atoms with E-state index in [1.54, 1.807) is 0 Å². The van der Waals surface area contributed by atoms with Crippen LogP contribution in [0, 0.1) is 0 Å². The van der Waals surface area contributed by atoms with E-state index in [0.717, 1.165) is 36.4 Å². The lowest BCUT2D eigenvalue weighted by Crippen LogP contribution is -2.38. The van der Waals surface area contributed by atoms with Gasteiger partial charge in [0.25, 0.3) is 0 Å². The molecule has 0 saturated heterocycles. The molecule has 2 aromatic carbocycles. The first-order valence-corrected chi connectivity index (χ1v) is 10.3. The number of benzene rings is 2. The molecule has 1 aliphatic heterocycles. The van der Waals surface area contributed by atoms with E-state index in [9.17, 15) is 5.11 Å². The number of ether oxygens (including phenoxy) is 1. The molecule has 1 N–H and O–H groups in total. The zero-order valence-corrected chi connectivity index (χ0v) is 17.5. The number of aromatic nitrogens is 2. The second kappa shape index (κ2) is 9.24. The van der Waals surface area contributed by atoms with Crippen LogP contribution in [-0.4, -0.2) is 59.9 Å². The molecule has 1 unspecified atom stereocenters. The summed E-state index contributed by atoms with van der Waals surface area (Å²) >= 11 is 0. The Labute approximate surface area is 177 Å². The molecule has 156 valence electrons. The predicted octanol–water partition coefficient (Wildman–Crippen LogP) is 3.01. The summed E-state index contributed by atoms with van der Waals surface area (Å²) in [5.41, 5.74) is 4.68. The van der Waals surface area contributed by atoms with Gasteiger partial charge in [-0.1, -0.05) is 36.4 Å². The van der Waals surface area contributed by atoms with Crippen molar-refractivity contribution < 1.29 is 9.84 Å². The van der Waals surface area contributed by atoms with Gasteiger partial charge in [0.15, 0.2) is 0 Å². The van der Waals surface area contributed by atoms with Gasteiger partial charge in [-0.3, -0.25) is 4.90 Å². The minimum atomic E-state index is -0.540. The minimum Gasteiger partial charge on any atom is -0.491 e. The fourth-order valence-electron chi connectivity index (χ4n) is 3.72. The molecule has 1 aromatic heterocycles. The van der Waals surface area contributed by atoms with Crippen LogP contribution in [-0.2, 0) is 13.0 Å². The Hall–Kier alpha value is -2.96. The number of β-amino-alcohol motifs (C(OH)–C–C–N with tert-alkyl or cyclic N) is 1. The van der Waals surface area contributed by atoms with Crippen molar-refractivity contribution in [3.05, 3.63) is 72.1 Å². The Kier molecular flexibility index (Phi) is 6.26. The summed E-state index contributed by atoms with van der Waals surface area (Å²) in [5.74, 6) is 1.40. The predicted molar refractivity (Wildman–Crippen MR) is 119 cm³/mol. The molecule has 6 heteroatoms. The molecule has 2 heterocycles. The van der Waals surface area contributed by atoms with E-state index in [-0.39, 0.29) is 6.61 Å². The van der Waals surface area contributed by atoms with Crippen molar-refractivity contribution >= 4 is 5.95 Å². The normalized spacial score (nSPS) is 14.8. The zero-order valence-electron chi connectivity index (χ0n) is 17.5. The van der Waals surface area contributed by atoms with Crippen molar-refractivity contribution in [1.82, 2.24) is 14.9 Å². The molecule has 0 fully saturated rings. The van der Waals surface area contributed by atoms with Gasteiger partial charge in [-0.05, 0) is 35.2 Å². The summed E-state index contributed by atoms with van der Waals surface area (Å²) in [6.45, 7) is 2.71. The van der Waals surface area contributed by atoms with Crippen LogP contribution in [0.5, 0.6) is 5.75 Å². The molecule has 0 spiro atoms. The quantitative estimate of drug-likeness (QED) is 0.653. The maximum absolute atomic E-state index is 10.5. The van der Waals surface area contributed by atoms with E-state index in [1.807, 2.05) is 55.7 Å². The molecule has 6 nitrogen and oxygen atoms in total. The summed E-state index contributed by atoms with van der Waals surface area (Å²) in [6.07, 6.45) is 4.11. The van der Waals surface area contributed by atoms with Crippen molar-refractivity contribution in [3.8, 4) is 16.9 Å². The SMILES string of the molecule is CN(C)c1ncc(-c2cccc(OCC(O)CN3CCc4ccccc4C3)c2)cn1. The molecule has 0 saturated carbocycles. The largest absolute Gasteiger partial charge is 0.491 e. The molecular formula is C24H28N4O2. The molecule has 0 amide bonds. The van der Waals surface area contributed by atoms with Crippen molar-refractivity contribution in [3.63, 3.8) is 0 Å². The third-order valence-electron chi connectivity index (χ3n) is 5.33. The highest BCUT2D eigenvalue weighted by molar-refractivity contribution is 5.63. The lowest BCUT2D eigenvalue weighted by Gasteiger charge is -2.30. The Morgan fingerprint density at radius 2 is 1.80 bits per heavy atom. The average Bonchev–Trinajstić information content (AvgIpc) is 2.78. The lowest BCUT2D eigenvalue weighted by atomic mass is 10.00. The topological polar surface area (TPSA) is 61.7 Å². The van der Waals surface area contributed by atoms with E-state index in [1.165, 1.54) is 11.1 Å². The highest BCUT2D eigenvalue weighted by Crippen LogP contribution is 2.24. The van der Waals surface area contributed by atoms with Crippen LogP contribution >= 0.6 is 0 Å². The van der Waals surface area contributed by atoms with E-state index in [4.69, 9.17) is 4.74 Å². The van der Waals surface area contributed by atoms with Crippen molar-refractivity contribution in [2.24, 2.45) is 0 Å². The number of hydrogen-bond donors (Lipinski definition) is 1. The van der Waals surface area contributed by atoms with Crippen LogP contribution in [0.3, 0.4) is 0 Å². The standard InChI is InChI=1S/C24H28N4O2/c1-27(2)24-25-13-21(14-26-24)19-8-5-9-23(12-19)30-17-22(29)16-28-11-10-18-6-3-4-7-20(18)15-28/h3-9,12-14,22,29H,10-11,15-17H2,1-2H3. The summed E-state index contributed by atoms with van der Waals surface area (Å²) in [6, 6.07) is 16.3. The summed E-state index contributed by atoms with van der Waals surface area (Å²) < 4.78 is 5.88. The number of hydrogen-bond acceptors (Lipinski definition) is 6. The monoisotopic (exact) mass is 404 g/mol. The molecular weight excluding hydrogens is 376 g/mol. The highest BCUT2D eigenvalue weighted by Gasteiger charge is 2.18. The third kappa shape index (κ3) is 4.96. The van der Waals surface area contributed by atoms with Gasteiger partial charge in [0.2, 0.25) is 5.95 Å². The third-order valence-corrected chi connectivity index (χ3v) is 5.33. The summed E-state index contributed by atoms with van der Waals surface area (Å²) in [5, 5.41) is 10.5. The Morgan fingerprint density at radius 1 is 1.03 bits per heavy atom. The number of aliphatic hydroxyl groups is 1. The minimum absolute atomic E-state index is 0.262. The number of fused-ring (bicyclic) bond motifs is 1. The van der Waals surface area contributed by atoms with E-state index >= 15 is 0 Å². The van der Waals surface area contributed by atoms with Crippen LogP contribution < -0.4 is 9.64 Å².